The first-order valence-corrected chi connectivity index (χ1v) is 6.66. The Morgan fingerprint density at radius 2 is 2.18 bits per heavy atom. The molecule has 1 saturated heterocycles. The number of benzene rings is 1. The molecule has 0 aliphatic carbocycles. The van der Waals surface area contributed by atoms with E-state index in [9.17, 15) is 8.78 Å². The third-order valence-electron chi connectivity index (χ3n) is 2.99. The van der Waals surface area contributed by atoms with Gasteiger partial charge in [0.25, 0.3) is 0 Å². The van der Waals surface area contributed by atoms with E-state index >= 15 is 0 Å². The average Bonchev–Trinajstić information content (AvgIpc) is 2.32. The van der Waals surface area contributed by atoms with E-state index in [1.54, 1.807) is 0 Å². The highest BCUT2D eigenvalue weighted by Gasteiger charge is 2.26. The Hall–Kier alpha value is -0.190. The Balaban J connectivity index is 2.20. The van der Waals surface area contributed by atoms with E-state index in [1.165, 1.54) is 12.1 Å². The van der Waals surface area contributed by atoms with Crippen molar-refractivity contribution in [2.75, 3.05) is 13.2 Å². The van der Waals surface area contributed by atoms with Crippen molar-refractivity contribution in [2.45, 2.75) is 18.2 Å². The summed E-state index contributed by atoms with van der Waals surface area (Å²) in [5.41, 5.74) is 0.0838. The van der Waals surface area contributed by atoms with Gasteiger partial charge in [0.2, 0.25) is 0 Å². The molecule has 1 aromatic rings. The van der Waals surface area contributed by atoms with Gasteiger partial charge in [0, 0.05) is 23.5 Å². The van der Waals surface area contributed by atoms with Crippen LogP contribution in [0.1, 0.15) is 12.0 Å². The van der Waals surface area contributed by atoms with Gasteiger partial charge in [-0.25, -0.2) is 8.78 Å². The molecule has 0 saturated carbocycles. The normalized spacial score (nSPS) is 24.9. The third kappa shape index (κ3) is 2.98. The summed E-state index contributed by atoms with van der Waals surface area (Å²) in [6, 6.07) is 2.62. The second-order valence-electron chi connectivity index (χ2n) is 4.17. The number of hydrogen-bond acceptors (Lipinski definition) is 1. The molecule has 0 bridgehead atoms. The summed E-state index contributed by atoms with van der Waals surface area (Å²) in [5.74, 6) is -1.11. The van der Waals surface area contributed by atoms with Gasteiger partial charge in [0.05, 0.1) is 11.1 Å². The quantitative estimate of drug-likeness (QED) is 0.592. The van der Waals surface area contributed by atoms with Gasteiger partial charge in [-0.1, -0.05) is 0 Å². The molecule has 2 unspecified atom stereocenters. The number of alkyl halides is 1. The monoisotopic (exact) mass is 324 g/mol. The van der Waals surface area contributed by atoms with E-state index < -0.39 is 11.6 Å². The molecule has 94 valence electrons. The summed E-state index contributed by atoms with van der Waals surface area (Å²) in [6.45, 7) is 1.08. The molecule has 1 aliphatic rings. The predicted molar refractivity (Wildman–Crippen MR) is 66.3 cm³/mol. The van der Waals surface area contributed by atoms with Crippen molar-refractivity contribution >= 4 is 27.5 Å². The van der Waals surface area contributed by atoms with Crippen molar-refractivity contribution in [1.82, 2.24) is 0 Å². The van der Waals surface area contributed by atoms with Crippen LogP contribution in [0, 0.1) is 17.6 Å². The lowest BCUT2D eigenvalue weighted by atomic mass is 9.93. The lowest BCUT2D eigenvalue weighted by Crippen LogP contribution is -2.30. The molecule has 0 amide bonds. The average molecular weight is 326 g/mol. The predicted octanol–water partition coefficient (Wildman–Crippen LogP) is 3.91. The van der Waals surface area contributed by atoms with E-state index in [2.05, 4.69) is 15.9 Å². The molecule has 2 atom stereocenters. The summed E-state index contributed by atoms with van der Waals surface area (Å²) in [5, 5.41) is -0.0819. The smallest absolute Gasteiger partial charge is 0.143 e. The zero-order valence-corrected chi connectivity index (χ0v) is 11.4. The molecule has 1 heterocycles. The topological polar surface area (TPSA) is 9.23 Å². The number of ether oxygens (including phenoxy) is 1. The van der Waals surface area contributed by atoms with Gasteiger partial charge in [-0.15, -0.1) is 11.6 Å². The molecule has 0 spiro atoms. The van der Waals surface area contributed by atoms with Gasteiger partial charge in [0.1, 0.15) is 11.6 Å². The molecule has 1 nitrogen and oxygen atoms in total. The molecule has 17 heavy (non-hydrogen) atoms. The zero-order valence-electron chi connectivity index (χ0n) is 9.06. The minimum Gasteiger partial charge on any atom is -0.381 e. The standard InChI is InChI=1S/C12H12BrClF2O/c13-9-1-2-11(15)8(12(9)16)5-7-6-17-4-3-10(7)14/h1-2,7,10H,3-6H2. The maximum Gasteiger partial charge on any atom is 0.143 e. The van der Waals surface area contributed by atoms with Crippen LogP contribution in [-0.4, -0.2) is 18.6 Å². The number of halogens is 4. The number of rotatable bonds is 2. The van der Waals surface area contributed by atoms with Gasteiger partial charge in [-0.05, 0) is 40.9 Å². The van der Waals surface area contributed by atoms with Crippen LogP contribution >= 0.6 is 27.5 Å². The first-order valence-electron chi connectivity index (χ1n) is 5.43. The van der Waals surface area contributed by atoms with E-state index in [4.69, 9.17) is 16.3 Å². The first-order chi connectivity index (χ1) is 8.09. The van der Waals surface area contributed by atoms with Gasteiger partial charge in [-0.2, -0.15) is 0 Å². The summed E-state index contributed by atoms with van der Waals surface area (Å²) >= 11 is 9.19. The Labute approximate surface area is 112 Å². The third-order valence-corrected chi connectivity index (χ3v) is 4.17. The Kier molecular flexibility index (Phi) is 4.39. The second-order valence-corrected chi connectivity index (χ2v) is 5.58. The molecule has 1 aliphatic heterocycles. The van der Waals surface area contributed by atoms with Crippen LogP contribution in [0.25, 0.3) is 0 Å². The van der Waals surface area contributed by atoms with Gasteiger partial charge in [-0.3, -0.25) is 0 Å². The maximum absolute atomic E-state index is 13.8. The van der Waals surface area contributed by atoms with Crippen molar-refractivity contribution < 1.29 is 13.5 Å². The fourth-order valence-electron chi connectivity index (χ4n) is 1.98. The summed E-state index contributed by atoms with van der Waals surface area (Å²) < 4.78 is 32.9. The van der Waals surface area contributed by atoms with Crippen LogP contribution in [0.4, 0.5) is 8.78 Å². The van der Waals surface area contributed by atoms with Gasteiger partial charge in [0.15, 0.2) is 0 Å². The van der Waals surface area contributed by atoms with Crippen LogP contribution in [0.2, 0.25) is 0 Å². The zero-order chi connectivity index (χ0) is 12.4. The molecular weight excluding hydrogens is 313 g/mol. The molecule has 5 heteroatoms. The van der Waals surface area contributed by atoms with E-state index in [-0.39, 0.29) is 27.8 Å². The summed E-state index contributed by atoms with van der Waals surface area (Å²) in [4.78, 5) is 0. The second kappa shape index (κ2) is 5.63. The van der Waals surface area contributed by atoms with Gasteiger partial charge >= 0.3 is 0 Å². The van der Waals surface area contributed by atoms with Crippen LogP contribution in [0.3, 0.4) is 0 Å². The minimum absolute atomic E-state index is 0.0382. The van der Waals surface area contributed by atoms with Crippen molar-refractivity contribution in [2.24, 2.45) is 5.92 Å². The molecule has 1 aromatic carbocycles. The lowest BCUT2D eigenvalue weighted by molar-refractivity contribution is 0.0572. The SMILES string of the molecule is Fc1ccc(Br)c(F)c1CC1COCCC1Cl. The molecule has 2 rings (SSSR count). The maximum atomic E-state index is 13.8. The molecule has 0 N–H and O–H groups in total. The Morgan fingerprint density at radius 3 is 2.88 bits per heavy atom. The van der Waals surface area contributed by atoms with Crippen LogP contribution in [-0.2, 0) is 11.2 Å². The van der Waals surface area contributed by atoms with Crippen molar-refractivity contribution in [1.29, 1.82) is 0 Å². The molecular formula is C12H12BrClF2O. The van der Waals surface area contributed by atoms with Crippen molar-refractivity contribution in [3.05, 3.63) is 33.8 Å². The van der Waals surface area contributed by atoms with E-state index in [0.717, 1.165) is 6.42 Å². The largest absolute Gasteiger partial charge is 0.381 e. The molecule has 0 radical (unpaired) electrons. The lowest BCUT2D eigenvalue weighted by Gasteiger charge is -2.27. The molecule has 0 aromatic heterocycles. The fraction of sp³-hybridized carbons (Fsp3) is 0.500. The Morgan fingerprint density at radius 1 is 1.41 bits per heavy atom. The highest BCUT2D eigenvalue weighted by atomic mass is 79.9. The van der Waals surface area contributed by atoms with Crippen molar-refractivity contribution in [3.63, 3.8) is 0 Å². The van der Waals surface area contributed by atoms with Crippen LogP contribution in [0.5, 0.6) is 0 Å². The highest BCUT2D eigenvalue weighted by molar-refractivity contribution is 9.10. The first kappa shape index (κ1) is 13.2. The fourth-order valence-corrected chi connectivity index (χ4v) is 2.60. The van der Waals surface area contributed by atoms with Crippen molar-refractivity contribution in [3.8, 4) is 0 Å². The minimum atomic E-state index is -0.542. The highest BCUT2D eigenvalue weighted by Crippen LogP contribution is 2.28. The number of hydrogen-bond donors (Lipinski definition) is 0. The summed E-state index contributed by atoms with van der Waals surface area (Å²) in [6.07, 6.45) is 0.995. The van der Waals surface area contributed by atoms with Crippen LogP contribution < -0.4 is 0 Å². The van der Waals surface area contributed by atoms with E-state index in [1.807, 2.05) is 0 Å². The van der Waals surface area contributed by atoms with Crippen LogP contribution in [0.15, 0.2) is 16.6 Å². The molecule has 1 fully saturated rings. The van der Waals surface area contributed by atoms with E-state index in [0.29, 0.717) is 13.2 Å². The summed E-state index contributed by atoms with van der Waals surface area (Å²) in [7, 11) is 0. The Bertz CT molecular complexity index is 414. The van der Waals surface area contributed by atoms with Gasteiger partial charge < -0.3 is 4.74 Å².